The van der Waals surface area contributed by atoms with Crippen molar-refractivity contribution in [2.24, 2.45) is 17.8 Å². The number of hydrogen-bond donors (Lipinski definition) is 0. The molecule has 1 unspecified atom stereocenters. The minimum Gasteiger partial charge on any atom is -0.306 e. The third-order valence-electron chi connectivity index (χ3n) is 3.78. The molecule has 0 saturated carbocycles. The molecule has 0 rings (SSSR count). The summed E-state index contributed by atoms with van der Waals surface area (Å²) in [7, 11) is 2.27. The predicted molar refractivity (Wildman–Crippen MR) is 88.7 cm³/mol. The largest absolute Gasteiger partial charge is 0.306 e. The quantitative estimate of drug-likeness (QED) is 0.417. The van der Waals surface area contributed by atoms with Crippen LogP contribution in [0.5, 0.6) is 0 Å². The highest BCUT2D eigenvalue weighted by Crippen LogP contribution is 2.14. The average molecular weight is 270 g/mol. The fraction of sp³-hybridized carbons (Fsp3) is 1.00. The second-order valence-corrected chi connectivity index (χ2v) is 7.46. The Kier molecular flexibility index (Phi) is 11.7. The molecule has 0 aromatic rings. The third kappa shape index (κ3) is 14.2. The highest BCUT2D eigenvalue weighted by Gasteiger charge is 2.07. The van der Waals surface area contributed by atoms with Crippen LogP contribution >= 0.6 is 0 Å². The van der Waals surface area contributed by atoms with E-state index in [2.05, 4.69) is 46.6 Å². The number of rotatable bonds is 12. The van der Waals surface area contributed by atoms with Crippen LogP contribution in [0, 0.1) is 17.8 Å². The lowest BCUT2D eigenvalue weighted by Gasteiger charge is -2.22. The van der Waals surface area contributed by atoms with Crippen molar-refractivity contribution >= 4 is 0 Å². The summed E-state index contributed by atoms with van der Waals surface area (Å²) in [4.78, 5) is 2.50. The molecular formula is C18H39N. The summed E-state index contributed by atoms with van der Waals surface area (Å²) in [6.45, 7) is 14.2. The van der Waals surface area contributed by atoms with Gasteiger partial charge in [0.15, 0.2) is 0 Å². The summed E-state index contributed by atoms with van der Waals surface area (Å²) >= 11 is 0. The molecule has 0 saturated heterocycles. The molecule has 0 aliphatic carbocycles. The Hall–Kier alpha value is -0.0400. The van der Waals surface area contributed by atoms with E-state index >= 15 is 0 Å². The molecule has 0 aliphatic heterocycles. The summed E-state index contributed by atoms with van der Waals surface area (Å²) in [5, 5.41) is 0. The zero-order valence-electron chi connectivity index (χ0n) is 14.5. The Balaban J connectivity index is 3.36. The molecule has 0 bridgehead atoms. The zero-order chi connectivity index (χ0) is 14.7. The molecular weight excluding hydrogens is 230 g/mol. The van der Waals surface area contributed by atoms with Gasteiger partial charge in [0.2, 0.25) is 0 Å². The monoisotopic (exact) mass is 269 g/mol. The maximum absolute atomic E-state index is 2.50. The van der Waals surface area contributed by atoms with Crippen molar-refractivity contribution < 1.29 is 0 Å². The molecule has 1 heteroatoms. The van der Waals surface area contributed by atoms with Crippen molar-refractivity contribution in [2.45, 2.75) is 79.6 Å². The van der Waals surface area contributed by atoms with Gasteiger partial charge in [-0.05, 0) is 31.2 Å². The van der Waals surface area contributed by atoms with Gasteiger partial charge in [-0.2, -0.15) is 0 Å². The third-order valence-corrected chi connectivity index (χ3v) is 3.78. The van der Waals surface area contributed by atoms with Crippen LogP contribution in [0.3, 0.4) is 0 Å². The standard InChI is InChI=1S/C18H39N/c1-16(2)12-10-8-7-9-11-13-18(5)15-19(6)14-17(3)4/h16-18H,7-15H2,1-6H3. The van der Waals surface area contributed by atoms with Crippen LogP contribution in [0.25, 0.3) is 0 Å². The summed E-state index contributed by atoms with van der Waals surface area (Å²) in [6.07, 6.45) is 10.0. The summed E-state index contributed by atoms with van der Waals surface area (Å²) in [5.74, 6) is 2.54. The van der Waals surface area contributed by atoms with Crippen molar-refractivity contribution in [3.8, 4) is 0 Å². The van der Waals surface area contributed by atoms with E-state index in [9.17, 15) is 0 Å². The van der Waals surface area contributed by atoms with Gasteiger partial charge < -0.3 is 4.90 Å². The smallest absolute Gasteiger partial charge is 0.000408 e. The first-order valence-corrected chi connectivity index (χ1v) is 8.60. The SMILES string of the molecule is CC(C)CCCCCCCC(C)CN(C)CC(C)C. The van der Waals surface area contributed by atoms with Crippen molar-refractivity contribution in [3.05, 3.63) is 0 Å². The van der Waals surface area contributed by atoms with Crippen LogP contribution in [-0.2, 0) is 0 Å². The zero-order valence-corrected chi connectivity index (χ0v) is 14.5. The maximum atomic E-state index is 2.50. The fourth-order valence-corrected chi connectivity index (χ4v) is 2.90. The molecule has 0 radical (unpaired) electrons. The number of unbranched alkanes of at least 4 members (excludes halogenated alkanes) is 4. The summed E-state index contributed by atoms with van der Waals surface area (Å²) in [5.41, 5.74) is 0. The lowest BCUT2D eigenvalue weighted by molar-refractivity contribution is 0.249. The van der Waals surface area contributed by atoms with Crippen LogP contribution < -0.4 is 0 Å². The van der Waals surface area contributed by atoms with Crippen LogP contribution in [-0.4, -0.2) is 25.0 Å². The summed E-state index contributed by atoms with van der Waals surface area (Å²) < 4.78 is 0. The van der Waals surface area contributed by atoms with Gasteiger partial charge in [0.25, 0.3) is 0 Å². The molecule has 0 amide bonds. The van der Waals surface area contributed by atoms with E-state index in [4.69, 9.17) is 0 Å². The molecule has 1 nitrogen and oxygen atoms in total. The molecule has 0 aliphatic rings. The highest BCUT2D eigenvalue weighted by molar-refractivity contribution is 4.61. The van der Waals surface area contributed by atoms with Crippen LogP contribution in [0.1, 0.15) is 79.6 Å². The Morgan fingerprint density at radius 3 is 1.68 bits per heavy atom. The first-order valence-electron chi connectivity index (χ1n) is 8.60. The first kappa shape index (κ1) is 19.0. The van der Waals surface area contributed by atoms with Gasteiger partial charge in [0.05, 0.1) is 0 Å². The van der Waals surface area contributed by atoms with E-state index in [0.29, 0.717) is 0 Å². The lowest BCUT2D eigenvalue weighted by atomic mass is 10.00. The van der Waals surface area contributed by atoms with Gasteiger partial charge in [0.1, 0.15) is 0 Å². The Morgan fingerprint density at radius 1 is 0.632 bits per heavy atom. The van der Waals surface area contributed by atoms with Crippen molar-refractivity contribution in [1.82, 2.24) is 4.90 Å². The van der Waals surface area contributed by atoms with Crippen molar-refractivity contribution in [2.75, 3.05) is 20.1 Å². The van der Waals surface area contributed by atoms with Crippen LogP contribution in [0.4, 0.5) is 0 Å². The molecule has 0 heterocycles. The molecule has 0 aromatic carbocycles. The van der Waals surface area contributed by atoms with Gasteiger partial charge in [-0.25, -0.2) is 0 Å². The second-order valence-electron chi connectivity index (χ2n) is 7.46. The Bertz CT molecular complexity index is 186. The van der Waals surface area contributed by atoms with E-state index in [0.717, 1.165) is 17.8 Å². The molecule has 0 fully saturated rings. The molecule has 116 valence electrons. The number of nitrogens with zero attached hydrogens (tertiary/aromatic N) is 1. The van der Waals surface area contributed by atoms with Gasteiger partial charge >= 0.3 is 0 Å². The minimum atomic E-state index is 0.790. The Morgan fingerprint density at radius 2 is 1.16 bits per heavy atom. The topological polar surface area (TPSA) is 3.24 Å². The second kappa shape index (κ2) is 11.8. The predicted octanol–water partition coefficient (Wildman–Crippen LogP) is 5.60. The van der Waals surface area contributed by atoms with Gasteiger partial charge in [-0.1, -0.05) is 73.1 Å². The Labute approximate surface area is 123 Å². The lowest BCUT2D eigenvalue weighted by Crippen LogP contribution is -2.28. The maximum Gasteiger partial charge on any atom is 0.000408 e. The van der Waals surface area contributed by atoms with Crippen molar-refractivity contribution in [1.29, 1.82) is 0 Å². The molecule has 0 spiro atoms. The van der Waals surface area contributed by atoms with E-state index in [1.807, 2.05) is 0 Å². The summed E-state index contributed by atoms with van der Waals surface area (Å²) in [6, 6.07) is 0. The van der Waals surface area contributed by atoms with E-state index in [1.54, 1.807) is 0 Å². The van der Waals surface area contributed by atoms with E-state index in [-0.39, 0.29) is 0 Å². The van der Waals surface area contributed by atoms with E-state index < -0.39 is 0 Å². The van der Waals surface area contributed by atoms with Gasteiger partial charge in [-0.3, -0.25) is 0 Å². The normalized spacial score (nSPS) is 13.7. The van der Waals surface area contributed by atoms with E-state index in [1.165, 1.54) is 58.0 Å². The number of hydrogen-bond acceptors (Lipinski definition) is 1. The van der Waals surface area contributed by atoms with Crippen LogP contribution in [0.2, 0.25) is 0 Å². The minimum absolute atomic E-state index is 0.790. The van der Waals surface area contributed by atoms with Gasteiger partial charge in [-0.15, -0.1) is 0 Å². The first-order chi connectivity index (χ1) is 8.91. The average Bonchev–Trinajstić information content (AvgIpc) is 2.25. The molecule has 0 N–H and O–H groups in total. The van der Waals surface area contributed by atoms with Gasteiger partial charge in [0, 0.05) is 13.1 Å². The highest BCUT2D eigenvalue weighted by atomic mass is 15.1. The van der Waals surface area contributed by atoms with Crippen molar-refractivity contribution in [3.63, 3.8) is 0 Å². The van der Waals surface area contributed by atoms with Crippen LogP contribution in [0.15, 0.2) is 0 Å². The molecule has 0 aromatic heterocycles. The molecule has 19 heavy (non-hydrogen) atoms. The fourth-order valence-electron chi connectivity index (χ4n) is 2.90. The molecule has 1 atom stereocenters.